The highest BCUT2D eigenvalue weighted by Gasteiger charge is 2.52. The molecule has 0 saturated carbocycles. The maximum atomic E-state index is 5.19. The van der Waals surface area contributed by atoms with E-state index >= 15 is 0 Å². The van der Waals surface area contributed by atoms with Crippen molar-refractivity contribution in [3.63, 3.8) is 0 Å². The molecule has 1 spiro atoms. The van der Waals surface area contributed by atoms with Gasteiger partial charge < -0.3 is 4.57 Å². The summed E-state index contributed by atoms with van der Waals surface area (Å²) in [5, 5.41) is 2.54. The smallest absolute Gasteiger partial charge is 0.164 e. The fourth-order valence-corrected chi connectivity index (χ4v) is 11.1. The standard InChI is InChI=1S/C60H40N4/c1-37-33-43(64-54-27-15-11-23-48(54)49-24-12-16-28-55(49)64)34-38(2)56(37)41-29-31-46-44-21-9-13-25-50(44)60(52(46)35-41)51-26-14-10-22-45(51)47-32-30-42(36-53(47)60)59-62-57(39-17-5-3-6-18-39)61-58(63-59)40-19-7-4-8-20-40/h3-36H,1-2H3. The summed E-state index contributed by atoms with van der Waals surface area (Å²) < 4.78 is 2.42. The Hall–Kier alpha value is -8.21. The Labute approximate surface area is 371 Å². The molecule has 4 nitrogen and oxygen atoms in total. The van der Waals surface area contributed by atoms with E-state index in [1.807, 2.05) is 36.4 Å². The van der Waals surface area contributed by atoms with Gasteiger partial charge in [-0.25, -0.2) is 15.0 Å². The van der Waals surface area contributed by atoms with E-state index in [2.05, 4.69) is 188 Å². The minimum atomic E-state index is -0.563. The second-order valence-electron chi connectivity index (χ2n) is 17.2. The first-order valence-electron chi connectivity index (χ1n) is 22.0. The molecule has 300 valence electrons. The van der Waals surface area contributed by atoms with E-state index in [4.69, 9.17) is 15.0 Å². The molecule has 2 aliphatic carbocycles. The van der Waals surface area contributed by atoms with Gasteiger partial charge in [0.2, 0.25) is 0 Å². The quantitative estimate of drug-likeness (QED) is 0.174. The van der Waals surface area contributed by atoms with E-state index in [1.165, 1.54) is 94.3 Å². The Kier molecular flexibility index (Phi) is 7.92. The minimum Gasteiger partial charge on any atom is -0.309 e. The second kappa shape index (κ2) is 13.9. The fraction of sp³-hybridized carbons (Fsp3) is 0.0500. The predicted octanol–water partition coefficient (Wildman–Crippen LogP) is 14.6. The highest BCUT2D eigenvalue weighted by Crippen LogP contribution is 2.63. The largest absolute Gasteiger partial charge is 0.309 e. The number of benzene rings is 9. The average Bonchev–Trinajstić information content (AvgIpc) is 3.96. The van der Waals surface area contributed by atoms with Crippen LogP contribution in [0, 0.1) is 13.8 Å². The van der Waals surface area contributed by atoms with E-state index in [0.29, 0.717) is 17.5 Å². The van der Waals surface area contributed by atoms with E-state index in [-0.39, 0.29) is 0 Å². The molecule has 0 amide bonds. The van der Waals surface area contributed by atoms with Crippen LogP contribution in [0.5, 0.6) is 0 Å². The molecule has 2 aromatic heterocycles. The molecule has 2 heterocycles. The van der Waals surface area contributed by atoms with E-state index < -0.39 is 5.41 Å². The summed E-state index contributed by atoms with van der Waals surface area (Å²) in [7, 11) is 0. The normalized spacial score (nSPS) is 14.5. The number of para-hydroxylation sites is 2. The Bertz CT molecular complexity index is 3550. The lowest BCUT2D eigenvalue weighted by Crippen LogP contribution is -2.26. The topological polar surface area (TPSA) is 43.6 Å². The third kappa shape index (κ3) is 5.20. The zero-order valence-electron chi connectivity index (χ0n) is 35.4. The van der Waals surface area contributed by atoms with Crippen molar-refractivity contribution in [2.75, 3.05) is 0 Å². The molecule has 9 aromatic carbocycles. The number of rotatable bonds is 5. The zero-order valence-corrected chi connectivity index (χ0v) is 35.4. The molecule has 11 aromatic rings. The van der Waals surface area contributed by atoms with Gasteiger partial charge in [0.25, 0.3) is 0 Å². The Morgan fingerprint density at radius 2 is 0.750 bits per heavy atom. The van der Waals surface area contributed by atoms with Crippen LogP contribution in [0.25, 0.3) is 95.0 Å². The first kappa shape index (κ1) is 36.4. The second-order valence-corrected chi connectivity index (χ2v) is 17.2. The van der Waals surface area contributed by atoms with Gasteiger partial charge in [-0.05, 0) is 117 Å². The molecule has 0 N–H and O–H groups in total. The number of aryl methyl sites for hydroxylation is 2. The monoisotopic (exact) mass is 816 g/mol. The van der Waals surface area contributed by atoms with Crippen LogP contribution in [0.2, 0.25) is 0 Å². The van der Waals surface area contributed by atoms with Crippen LogP contribution in [0.15, 0.2) is 206 Å². The van der Waals surface area contributed by atoms with Crippen LogP contribution >= 0.6 is 0 Å². The van der Waals surface area contributed by atoms with Crippen LogP contribution in [0.3, 0.4) is 0 Å². The summed E-state index contributed by atoms with van der Waals surface area (Å²) in [4.78, 5) is 15.4. The SMILES string of the molecule is Cc1cc(-n2c3ccccc3c3ccccc32)cc(C)c1-c1ccc2c(c1)C1(c3ccccc3-c3ccc(-c4nc(-c5ccccc5)nc(-c5ccccc5)n4)cc31)c1ccccc1-2. The number of nitrogens with zero attached hydrogens (tertiary/aromatic N) is 4. The van der Waals surface area contributed by atoms with E-state index in [0.717, 1.165) is 16.7 Å². The molecule has 0 bridgehead atoms. The van der Waals surface area contributed by atoms with Gasteiger partial charge in [0.1, 0.15) is 0 Å². The molecule has 1 atom stereocenters. The molecule has 2 aliphatic rings. The molecule has 0 saturated heterocycles. The summed E-state index contributed by atoms with van der Waals surface area (Å²) >= 11 is 0. The van der Waals surface area contributed by atoms with Gasteiger partial charge >= 0.3 is 0 Å². The number of aromatic nitrogens is 4. The molecule has 64 heavy (non-hydrogen) atoms. The van der Waals surface area contributed by atoms with Gasteiger partial charge in [0, 0.05) is 33.2 Å². The molecule has 0 fully saturated rings. The zero-order chi connectivity index (χ0) is 42.5. The van der Waals surface area contributed by atoms with E-state index in [9.17, 15) is 0 Å². The molecular weight excluding hydrogens is 777 g/mol. The van der Waals surface area contributed by atoms with Gasteiger partial charge in [0.05, 0.1) is 16.4 Å². The average molecular weight is 817 g/mol. The molecule has 13 rings (SSSR count). The summed E-state index contributed by atoms with van der Waals surface area (Å²) in [5.74, 6) is 1.95. The highest BCUT2D eigenvalue weighted by atomic mass is 15.0. The van der Waals surface area contributed by atoms with Crippen LogP contribution in [0.4, 0.5) is 0 Å². The van der Waals surface area contributed by atoms with Gasteiger partial charge in [-0.1, -0.05) is 170 Å². The van der Waals surface area contributed by atoms with Crippen molar-refractivity contribution in [1.82, 2.24) is 19.5 Å². The summed E-state index contributed by atoms with van der Waals surface area (Å²) in [5.41, 5.74) is 21.0. The van der Waals surface area contributed by atoms with Crippen molar-refractivity contribution in [3.8, 4) is 73.2 Å². The maximum absolute atomic E-state index is 5.19. The fourth-order valence-electron chi connectivity index (χ4n) is 11.1. The van der Waals surface area contributed by atoms with Crippen LogP contribution in [0.1, 0.15) is 33.4 Å². The summed E-state index contributed by atoms with van der Waals surface area (Å²) in [6.45, 7) is 4.54. The van der Waals surface area contributed by atoms with E-state index in [1.54, 1.807) is 0 Å². The van der Waals surface area contributed by atoms with Crippen LogP contribution < -0.4 is 0 Å². The predicted molar refractivity (Wildman–Crippen MR) is 262 cm³/mol. The number of hydrogen-bond acceptors (Lipinski definition) is 3. The van der Waals surface area contributed by atoms with Gasteiger partial charge in [-0.2, -0.15) is 0 Å². The first-order valence-corrected chi connectivity index (χ1v) is 22.0. The molecule has 0 aliphatic heterocycles. The van der Waals surface area contributed by atoms with Crippen molar-refractivity contribution in [3.05, 3.63) is 240 Å². The minimum absolute atomic E-state index is 0.563. The third-order valence-electron chi connectivity index (χ3n) is 13.7. The number of hydrogen-bond donors (Lipinski definition) is 0. The summed E-state index contributed by atoms with van der Waals surface area (Å²) in [6.07, 6.45) is 0. The lowest BCUT2D eigenvalue weighted by atomic mass is 9.70. The molecule has 4 heteroatoms. The molecular formula is C60H40N4. The Morgan fingerprint density at radius 3 is 1.28 bits per heavy atom. The lowest BCUT2D eigenvalue weighted by molar-refractivity contribution is 0.794. The van der Waals surface area contributed by atoms with Crippen molar-refractivity contribution >= 4 is 21.8 Å². The highest BCUT2D eigenvalue weighted by molar-refractivity contribution is 6.09. The van der Waals surface area contributed by atoms with Crippen LogP contribution in [-0.2, 0) is 5.41 Å². The molecule has 0 radical (unpaired) electrons. The van der Waals surface area contributed by atoms with Crippen molar-refractivity contribution in [2.45, 2.75) is 19.3 Å². The van der Waals surface area contributed by atoms with Crippen molar-refractivity contribution < 1.29 is 0 Å². The number of fused-ring (bicyclic) bond motifs is 13. The Balaban J connectivity index is 1.02. The van der Waals surface area contributed by atoms with Gasteiger partial charge in [0.15, 0.2) is 17.5 Å². The third-order valence-corrected chi connectivity index (χ3v) is 13.7. The summed E-state index contributed by atoms with van der Waals surface area (Å²) in [6, 6.07) is 74.7. The maximum Gasteiger partial charge on any atom is 0.164 e. The first-order chi connectivity index (χ1) is 31.6. The Morgan fingerprint density at radius 1 is 0.344 bits per heavy atom. The van der Waals surface area contributed by atoms with Crippen molar-refractivity contribution in [1.29, 1.82) is 0 Å². The van der Waals surface area contributed by atoms with Gasteiger partial charge in [-0.3, -0.25) is 0 Å². The molecule has 1 unspecified atom stereocenters. The van der Waals surface area contributed by atoms with Crippen molar-refractivity contribution in [2.24, 2.45) is 0 Å². The van der Waals surface area contributed by atoms with Gasteiger partial charge in [-0.15, -0.1) is 0 Å². The van der Waals surface area contributed by atoms with Crippen LogP contribution in [-0.4, -0.2) is 19.5 Å². The lowest BCUT2D eigenvalue weighted by Gasteiger charge is -2.31.